The van der Waals surface area contributed by atoms with Crippen molar-refractivity contribution in [3.8, 4) is 5.69 Å². The molecule has 2 fully saturated rings. The van der Waals surface area contributed by atoms with Crippen molar-refractivity contribution in [3.63, 3.8) is 0 Å². The summed E-state index contributed by atoms with van der Waals surface area (Å²) in [5.74, 6) is -0.223. The molecule has 0 spiro atoms. The Morgan fingerprint density at radius 3 is 2.42 bits per heavy atom. The Bertz CT molecular complexity index is 942. The van der Waals surface area contributed by atoms with Gasteiger partial charge in [0.15, 0.2) is 5.78 Å². The lowest BCUT2D eigenvalue weighted by Gasteiger charge is -2.31. The first-order valence-corrected chi connectivity index (χ1v) is 11.0. The molecule has 1 N–H and O–H groups in total. The summed E-state index contributed by atoms with van der Waals surface area (Å²) in [6, 6.07) is 8.57. The Morgan fingerprint density at radius 2 is 1.77 bits per heavy atom. The quantitative estimate of drug-likeness (QED) is 0.658. The van der Waals surface area contributed by atoms with Crippen LogP contribution in [0.25, 0.3) is 5.69 Å². The molecular weight excluding hydrogens is 397 g/mol. The second-order valence-corrected chi connectivity index (χ2v) is 8.65. The second kappa shape index (κ2) is 9.32. The molecule has 1 aromatic heterocycles. The van der Waals surface area contributed by atoms with E-state index in [4.69, 9.17) is 4.74 Å². The molecule has 0 radical (unpaired) electrons. The van der Waals surface area contributed by atoms with Crippen molar-refractivity contribution >= 4 is 11.7 Å². The molecule has 7 heteroatoms. The molecular formula is C24H30FN3O3. The van der Waals surface area contributed by atoms with Crippen molar-refractivity contribution in [1.82, 2.24) is 14.8 Å². The number of Topliss-reactive ketones (excluding diaryl/α,β-unsaturated/α-hetero) is 1. The number of piperidine rings is 1. The third-order valence-corrected chi connectivity index (χ3v) is 6.11. The molecule has 2 aliphatic rings. The van der Waals surface area contributed by atoms with Crippen molar-refractivity contribution in [2.75, 3.05) is 26.2 Å². The fourth-order valence-corrected chi connectivity index (χ4v) is 4.25. The van der Waals surface area contributed by atoms with E-state index in [1.165, 1.54) is 12.1 Å². The van der Waals surface area contributed by atoms with E-state index in [1.54, 1.807) is 12.1 Å². The number of aromatic nitrogens is 1. The zero-order valence-electron chi connectivity index (χ0n) is 18.2. The lowest BCUT2D eigenvalue weighted by Crippen LogP contribution is -2.41. The lowest BCUT2D eigenvalue weighted by molar-refractivity contribution is -0.128. The Balaban J connectivity index is 1.29. The maximum absolute atomic E-state index is 13.3. The number of carbonyl (C=O) groups excluding carboxylic acids is 2. The van der Waals surface area contributed by atoms with Crippen molar-refractivity contribution in [1.29, 1.82) is 0 Å². The number of halogens is 1. The maximum Gasteiger partial charge on any atom is 0.246 e. The number of hydrogen-bond donors (Lipinski definition) is 1. The topological polar surface area (TPSA) is 63.6 Å². The van der Waals surface area contributed by atoms with E-state index in [0.29, 0.717) is 18.2 Å². The third-order valence-electron chi connectivity index (χ3n) is 6.11. The van der Waals surface area contributed by atoms with Crippen molar-refractivity contribution in [2.45, 2.75) is 51.7 Å². The minimum Gasteiger partial charge on any atom is -0.368 e. The molecule has 31 heavy (non-hydrogen) atoms. The van der Waals surface area contributed by atoms with Crippen LogP contribution in [0.15, 0.2) is 30.3 Å². The number of nitrogens with zero attached hydrogens (tertiary/aromatic N) is 2. The van der Waals surface area contributed by atoms with Crippen LogP contribution < -0.4 is 5.32 Å². The Morgan fingerprint density at radius 1 is 1.10 bits per heavy atom. The molecule has 6 nitrogen and oxygen atoms in total. The van der Waals surface area contributed by atoms with Crippen LogP contribution in [0.2, 0.25) is 0 Å². The Labute approximate surface area is 182 Å². The molecule has 0 bridgehead atoms. The van der Waals surface area contributed by atoms with Gasteiger partial charge in [-0.2, -0.15) is 0 Å². The van der Waals surface area contributed by atoms with Crippen molar-refractivity contribution < 1.29 is 18.7 Å². The first-order chi connectivity index (χ1) is 14.9. The van der Waals surface area contributed by atoms with Crippen LogP contribution in [0.4, 0.5) is 4.39 Å². The van der Waals surface area contributed by atoms with Crippen LogP contribution in [-0.2, 0) is 9.53 Å². The van der Waals surface area contributed by atoms with Gasteiger partial charge in [0.2, 0.25) is 5.91 Å². The Hall–Kier alpha value is -2.51. The molecule has 1 aromatic carbocycles. The summed E-state index contributed by atoms with van der Waals surface area (Å²) >= 11 is 0. The average molecular weight is 428 g/mol. The van der Waals surface area contributed by atoms with E-state index in [-0.39, 0.29) is 30.2 Å². The van der Waals surface area contributed by atoms with E-state index in [2.05, 4.69) is 10.2 Å². The minimum atomic E-state index is -0.279. The molecule has 1 aliphatic heterocycles. The molecule has 0 unspecified atom stereocenters. The number of benzene rings is 1. The van der Waals surface area contributed by atoms with Crippen LogP contribution in [-0.4, -0.2) is 59.5 Å². The van der Waals surface area contributed by atoms with Gasteiger partial charge in [-0.05, 0) is 69.9 Å². The van der Waals surface area contributed by atoms with Gasteiger partial charge in [0.1, 0.15) is 12.4 Å². The summed E-state index contributed by atoms with van der Waals surface area (Å²) in [5.41, 5.74) is 3.37. The number of ketones is 1. The Kier molecular flexibility index (Phi) is 6.53. The number of aryl methyl sites for hydroxylation is 1. The van der Waals surface area contributed by atoms with Crippen LogP contribution in [0, 0.1) is 19.7 Å². The zero-order valence-corrected chi connectivity index (χ0v) is 18.2. The normalized spacial score (nSPS) is 17.6. The van der Waals surface area contributed by atoms with Crippen LogP contribution in [0.5, 0.6) is 0 Å². The standard InChI is InChI=1S/C24H30FN3O3/c1-16-13-22(17(2)28(16)20-7-3-18(25)4-8-20)23(29)14-27-11-9-21(10-12-27)31-15-24(30)26-19-5-6-19/h3-4,7-8,13,19,21H,5-6,9-12,14-15H2,1-2H3,(H,26,30). The average Bonchev–Trinajstić information content (AvgIpc) is 3.51. The van der Waals surface area contributed by atoms with Gasteiger partial charge in [0.25, 0.3) is 0 Å². The number of ether oxygens (including phenoxy) is 1. The molecule has 2 aromatic rings. The van der Waals surface area contributed by atoms with Gasteiger partial charge in [0, 0.05) is 41.8 Å². The minimum absolute atomic E-state index is 0.0309. The summed E-state index contributed by atoms with van der Waals surface area (Å²) in [4.78, 5) is 26.9. The fraction of sp³-hybridized carbons (Fsp3) is 0.500. The fourth-order valence-electron chi connectivity index (χ4n) is 4.25. The highest BCUT2D eigenvalue weighted by atomic mass is 19.1. The summed E-state index contributed by atoms with van der Waals surface area (Å²) in [5, 5.41) is 2.93. The smallest absolute Gasteiger partial charge is 0.246 e. The van der Waals surface area contributed by atoms with Crippen molar-refractivity contribution in [2.24, 2.45) is 0 Å². The van der Waals surface area contributed by atoms with E-state index in [0.717, 1.165) is 55.8 Å². The molecule has 1 aliphatic carbocycles. The van der Waals surface area contributed by atoms with Gasteiger partial charge in [-0.3, -0.25) is 14.5 Å². The van der Waals surface area contributed by atoms with E-state index < -0.39 is 0 Å². The lowest BCUT2D eigenvalue weighted by atomic mass is 10.1. The van der Waals surface area contributed by atoms with Gasteiger partial charge < -0.3 is 14.6 Å². The molecule has 1 saturated heterocycles. The molecule has 1 saturated carbocycles. The predicted molar refractivity (Wildman–Crippen MR) is 116 cm³/mol. The first-order valence-electron chi connectivity index (χ1n) is 11.0. The number of carbonyl (C=O) groups is 2. The highest BCUT2D eigenvalue weighted by molar-refractivity contribution is 5.99. The monoisotopic (exact) mass is 427 g/mol. The van der Waals surface area contributed by atoms with Crippen LogP contribution in [0.3, 0.4) is 0 Å². The van der Waals surface area contributed by atoms with Gasteiger partial charge in [-0.25, -0.2) is 4.39 Å². The predicted octanol–water partition coefficient (Wildman–Crippen LogP) is 3.18. The van der Waals surface area contributed by atoms with Gasteiger partial charge in [-0.1, -0.05) is 0 Å². The number of likely N-dealkylation sites (tertiary alicyclic amines) is 1. The zero-order chi connectivity index (χ0) is 22.0. The van der Waals surface area contributed by atoms with Crippen molar-refractivity contribution in [3.05, 3.63) is 53.1 Å². The highest BCUT2D eigenvalue weighted by Gasteiger charge is 2.26. The number of rotatable bonds is 8. The maximum atomic E-state index is 13.3. The van der Waals surface area contributed by atoms with Crippen LogP contribution in [0.1, 0.15) is 47.4 Å². The third kappa shape index (κ3) is 5.40. The van der Waals surface area contributed by atoms with E-state index in [1.807, 2.05) is 24.5 Å². The molecule has 2 heterocycles. The van der Waals surface area contributed by atoms with Gasteiger partial charge >= 0.3 is 0 Å². The highest BCUT2D eigenvalue weighted by Crippen LogP contribution is 2.23. The SMILES string of the molecule is Cc1cc(C(=O)CN2CCC(OCC(=O)NC3CC3)CC2)c(C)n1-c1ccc(F)cc1. The molecule has 0 atom stereocenters. The number of hydrogen-bond acceptors (Lipinski definition) is 4. The molecule has 1 amide bonds. The summed E-state index contributed by atoms with van der Waals surface area (Å²) < 4.78 is 21.0. The number of nitrogens with one attached hydrogen (secondary N) is 1. The van der Waals surface area contributed by atoms with E-state index in [9.17, 15) is 14.0 Å². The van der Waals surface area contributed by atoms with E-state index >= 15 is 0 Å². The number of amides is 1. The molecule has 4 rings (SSSR count). The first kappa shape index (κ1) is 21.7. The second-order valence-electron chi connectivity index (χ2n) is 8.65. The summed E-state index contributed by atoms with van der Waals surface area (Å²) in [6.07, 6.45) is 3.85. The molecule has 166 valence electrons. The van der Waals surface area contributed by atoms with Crippen LogP contribution >= 0.6 is 0 Å². The summed E-state index contributed by atoms with van der Waals surface area (Å²) in [6.45, 7) is 5.92. The summed E-state index contributed by atoms with van der Waals surface area (Å²) in [7, 11) is 0. The van der Waals surface area contributed by atoms with Gasteiger partial charge in [0.05, 0.1) is 12.6 Å². The van der Waals surface area contributed by atoms with Gasteiger partial charge in [-0.15, -0.1) is 0 Å². The largest absolute Gasteiger partial charge is 0.368 e.